The predicted octanol–water partition coefficient (Wildman–Crippen LogP) is 5.64. The van der Waals surface area contributed by atoms with Gasteiger partial charge in [0.25, 0.3) is 0 Å². The van der Waals surface area contributed by atoms with Crippen LogP contribution in [0.25, 0.3) is 11.3 Å². The van der Waals surface area contributed by atoms with Crippen molar-refractivity contribution in [2.75, 3.05) is 72.4 Å². The topological polar surface area (TPSA) is 191 Å². The molecule has 0 saturated carbocycles. The van der Waals surface area contributed by atoms with Gasteiger partial charge in [0, 0.05) is 87.3 Å². The van der Waals surface area contributed by atoms with Gasteiger partial charge in [0.2, 0.25) is 11.9 Å². The Hall–Kier alpha value is -6.49. The summed E-state index contributed by atoms with van der Waals surface area (Å²) in [5.74, 6) is 2.26. The van der Waals surface area contributed by atoms with Gasteiger partial charge >= 0.3 is 17.8 Å². The lowest BCUT2D eigenvalue weighted by atomic mass is 9.95. The SMILES string of the molecule is Cc1cc(-c2ccnc(Nc3ccc(N4CCN(CC5CCN(c6ccc(N7CCC(=O)NC7=O)cc6)CC5)CC4)nn3)n2)ccc1[C@@H](C)NC(=O)c1nc(C(C)(C)C)no1. The first-order valence-electron chi connectivity index (χ1n) is 21.0. The molecule has 318 valence electrons. The molecular weight excluding hydrogens is 775 g/mol. The van der Waals surface area contributed by atoms with Crippen molar-refractivity contribution in [1.82, 2.24) is 45.8 Å². The molecule has 0 bridgehead atoms. The van der Waals surface area contributed by atoms with E-state index in [2.05, 4.69) is 68.1 Å². The fourth-order valence-electron chi connectivity index (χ4n) is 8.08. The van der Waals surface area contributed by atoms with Crippen molar-refractivity contribution in [3.63, 3.8) is 0 Å². The first kappa shape index (κ1) is 41.3. The summed E-state index contributed by atoms with van der Waals surface area (Å²) in [5.41, 5.74) is 5.26. The van der Waals surface area contributed by atoms with Crippen LogP contribution in [0.15, 0.2) is 71.4 Å². The van der Waals surface area contributed by atoms with Gasteiger partial charge in [-0.15, -0.1) is 10.2 Å². The number of hydrogen-bond acceptors (Lipinski definition) is 14. The van der Waals surface area contributed by atoms with Crippen LogP contribution in [0.2, 0.25) is 0 Å². The van der Waals surface area contributed by atoms with Gasteiger partial charge in [0.15, 0.2) is 17.5 Å². The molecule has 1 atom stereocenters. The quantitative estimate of drug-likeness (QED) is 0.148. The van der Waals surface area contributed by atoms with Crippen LogP contribution in [0.5, 0.6) is 0 Å². The summed E-state index contributed by atoms with van der Waals surface area (Å²) >= 11 is 0. The molecule has 17 nitrogen and oxygen atoms in total. The number of aromatic nitrogens is 6. The van der Waals surface area contributed by atoms with Crippen LogP contribution in [0.1, 0.15) is 80.6 Å². The normalized spacial score (nSPS) is 17.3. The number of urea groups is 1. The summed E-state index contributed by atoms with van der Waals surface area (Å²) < 4.78 is 5.22. The Kier molecular flexibility index (Phi) is 11.9. The molecular formula is C44H53N13O4. The molecule has 0 aliphatic carbocycles. The van der Waals surface area contributed by atoms with E-state index in [1.54, 1.807) is 11.1 Å². The standard InChI is InChI=1S/C44H53N13O4/c1-28-26-31(6-11-34(28)29(2)46-39(59)40-50-41(53-61-40)44(3,4)5)35-14-18-45-42(47-35)48-36-12-13-37(52-51-36)56-24-22-54(23-25-56)27-30-15-19-55(20-16-30)32-7-9-33(10-8-32)57-21-17-38(58)49-43(57)60/h6-14,18,26,29-30H,15-17,19-25,27H2,1-5H3,(H,46,59)(H,49,58,60)(H,45,47,48,51)/t29-/m1/s1. The van der Waals surface area contributed by atoms with E-state index in [-0.39, 0.29) is 29.3 Å². The third-order valence-electron chi connectivity index (χ3n) is 11.6. The van der Waals surface area contributed by atoms with Gasteiger partial charge in [-0.3, -0.25) is 24.7 Å². The minimum absolute atomic E-state index is 0.0556. The van der Waals surface area contributed by atoms with E-state index in [4.69, 9.17) is 9.51 Å². The van der Waals surface area contributed by atoms with Gasteiger partial charge in [0.05, 0.1) is 11.7 Å². The van der Waals surface area contributed by atoms with Crippen molar-refractivity contribution in [3.05, 3.63) is 89.7 Å². The zero-order valence-corrected chi connectivity index (χ0v) is 35.4. The van der Waals surface area contributed by atoms with Gasteiger partial charge in [-0.05, 0) is 92.3 Å². The van der Waals surface area contributed by atoms with E-state index in [9.17, 15) is 14.4 Å². The zero-order chi connectivity index (χ0) is 42.7. The number of rotatable bonds is 11. The summed E-state index contributed by atoms with van der Waals surface area (Å²) in [7, 11) is 0. The number of anilines is 5. The highest BCUT2D eigenvalue weighted by Gasteiger charge is 2.28. The van der Waals surface area contributed by atoms with Crippen LogP contribution in [0, 0.1) is 12.8 Å². The Bertz CT molecular complexity index is 2350. The first-order chi connectivity index (χ1) is 29.4. The number of imide groups is 1. The summed E-state index contributed by atoms with van der Waals surface area (Å²) in [4.78, 5) is 58.9. The molecule has 61 heavy (non-hydrogen) atoms. The molecule has 3 aromatic heterocycles. The highest BCUT2D eigenvalue weighted by atomic mass is 16.5. The van der Waals surface area contributed by atoms with Crippen molar-refractivity contribution in [2.45, 2.75) is 65.3 Å². The number of amides is 4. The average Bonchev–Trinajstić information content (AvgIpc) is 3.77. The Balaban J connectivity index is 0.782. The highest BCUT2D eigenvalue weighted by molar-refractivity contribution is 6.05. The van der Waals surface area contributed by atoms with E-state index in [1.807, 2.05) is 83.1 Å². The molecule has 0 spiro atoms. The summed E-state index contributed by atoms with van der Waals surface area (Å²) in [5, 5.41) is 21.5. The van der Waals surface area contributed by atoms with Crippen molar-refractivity contribution < 1.29 is 18.9 Å². The van der Waals surface area contributed by atoms with Crippen molar-refractivity contribution in [1.29, 1.82) is 0 Å². The van der Waals surface area contributed by atoms with Crippen LogP contribution in [-0.4, -0.2) is 105 Å². The Morgan fingerprint density at radius 1 is 0.885 bits per heavy atom. The Morgan fingerprint density at radius 3 is 2.31 bits per heavy atom. The molecule has 3 N–H and O–H groups in total. The molecule has 2 aromatic carbocycles. The third-order valence-corrected chi connectivity index (χ3v) is 11.6. The van der Waals surface area contributed by atoms with Crippen LogP contribution in [0.4, 0.5) is 33.8 Å². The maximum Gasteiger partial charge on any atom is 0.328 e. The largest absolute Gasteiger partial charge is 0.372 e. The van der Waals surface area contributed by atoms with Crippen LogP contribution in [0.3, 0.4) is 0 Å². The van der Waals surface area contributed by atoms with Crippen molar-refractivity contribution in [2.24, 2.45) is 5.92 Å². The van der Waals surface area contributed by atoms with E-state index in [0.29, 0.717) is 36.5 Å². The van der Waals surface area contributed by atoms with Gasteiger partial charge in [0.1, 0.15) is 0 Å². The predicted molar refractivity (Wildman–Crippen MR) is 232 cm³/mol. The minimum atomic E-state index is -0.418. The molecule has 3 aliphatic heterocycles. The van der Waals surface area contributed by atoms with Crippen molar-refractivity contribution >= 4 is 46.8 Å². The molecule has 3 fully saturated rings. The maximum atomic E-state index is 12.9. The fraction of sp³-hybridized carbons (Fsp3) is 0.432. The van der Waals surface area contributed by atoms with E-state index >= 15 is 0 Å². The number of carbonyl (C=O) groups is 3. The number of nitrogens with zero attached hydrogens (tertiary/aromatic N) is 10. The summed E-state index contributed by atoms with van der Waals surface area (Å²) in [6.45, 7) is 17.1. The van der Waals surface area contributed by atoms with Gasteiger partial charge < -0.3 is 25.0 Å². The molecule has 8 rings (SSSR count). The van der Waals surface area contributed by atoms with E-state index < -0.39 is 5.91 Å². The number of carbonyl (C=O) groups excluding carboxylic acids is 3. The number of benzene rings is 2. The number of hydrogen-bond donors (Lipinski definition) is 3. The van der Waals surface area contributed by atoms with Gasteiger partial charge in [-0.25, -0.2) is 14.8 Å². The van der Waals surface area contributed by atoms with Crippen molar-refractivity contribution in [3.8, 4) is 11.3 Å². The van der Waals surface area contributed by atoms with Crippen LogP contribution < -0.4 is 30.7 Å². The summed E-state index contributed by atoms with van der Waals surface area (Å²) in [6.07, 6.45) is 4.31. The zero-order valence-electron chi connectivity index (χ0n) is 35.4. The fourth-order valence-corrected chi connectivity index (χ4v) is 8.08. The molecule has 3 aliphatic rings. The molecule has 0 radical (unpaired) electrons. The van der Waals surface area contributed by atoms with Crippen LogP contribution in [-0.2, 0) is 10.2 Å². The number of nitrogens with one attached hydrogen (secondary N) is 3. The monoisotopic (exact) mass is 827 g/mol. The number of piperidine rings is 1. The molecule has 4 amide bonds. The maximum absolute atomic E-state index is 12.9. The third kappa shape index (κ3) is 9.78. The molecule has 5 aromatic rings. The number of aryl methyl sites for hydroxylation is 1. The smallest absolute Gasteiger partial charge is 0.328 e. The Labute approximate surface area is 355 Å². The van der Waals surface area contributed by atoms with Gasteiger partial charge in [-0.1, -0.05) is 38.1 Å². The van der Waals surface area contributed by atoms with E-state index in [0.717, 1.165) is 92.5 Å². The molecule has 0 unspecified atom stereocenters. The second-order valence-corrected chi connectivity index (χ2v) is 17.1. The lowest BCUT2D eigenvalue weighted by Crippen LogP contribution is -2.49. The second-order valence-electron chi connectivity index (χ2n) is 17.1. The molecule has 17 heteroatoms. The molecule has 6 heterocycles. The first-order valence-corrected chi connectivity index (χ1v) is 21.0. The lowest BCUT2D eigenvalue weighted by molar-refractivity contribution is -0.120. The Morgan fingerprint density at radius 2 is 1.64 bits per heavy atom. The lowest BCUT2D eigenvalue weighted by Gasteiger charge is -2.39. The van der Waals surface area contributed by atoms with Gasteiger partial charge in [-0.2, -0.15) is 4.98 Å². The average molecular weight is 828 g/mol. The summed E-state index contributed by atoms with van der Waals surface area (Å²) in [6, 6.07) is 19.2. The highest BCUT2D eigenvalue weighted by Crippen LogP contribution is 2.29. The second kappa shape index (κ2) is 17.6. The number of piperazine rings is 1. The van der Waals surface area contributed by atoms with E-state index in [1.165, 1.54) is 5.69 Å². The van der Waals surface area contributed by atoms with Crippen LogP contribution >= 0.6 is 0 Å². The minimum Gasteiger partial charge on any atom is -0.372 e. The molecule has 3 saturated heterocycles.